The van der Waals surface area contributed by atoms with Crippen molar-refractivity contribution < 1.29 is 24.0 Å². The van der Waals surface area contributed by atoms with E-state index < -0.39 is 11.8 Å². The maximum Gasteiger partial charge on any atom is 0.508 e. The monoisotopic (exact) mass is 276 g/mol. The third-order valence-corrected chi connectivity index (χ3v) is 1.93. The number of rotatable bonds is 6. The molecule has 0 radical (unpaired) electrons. The summed E-state index contributed by atoms with van der Waals surface area (Å²) in [5, 5.41) is 0. The molecule has 0 saturated heterocycles. The van der Waals surface area contributed by atoms with Crippen molar-refractivity contribution in [3.63, 3.8) is 0 Å². The van der Waals surface area contributed by atoms with Gasteiger partial charge in [-0.3, -0.25) is 0 Å². The van der Waals surface area contributed by atoms with Crippen LogP contribution >= 0.6 is 0 Å². The van der Waals surface area contributed by atoms with Crippen LogP contribution in [0.1, 0.15) is 61.8 Å². The van der Waals surface area contributed by atoms with E-state index in [1.165, 1.54) is 0 Å². The Hall–Kier alpha value is -0.810. The minimum absolute atomic E-state index is 0.187. The summed E-state index contributed by atoms with van der Waals surface area (Å²) in [4.78, 5) is 22.0. The first kappa shape index (κ1) is 18.2. The molecule has 0 aliphatic carbocycles. The largest absolute Gasteiger partial charge is 0.508 e. The summed E-state index contributed by atoms with van der Waals surface area (Å²) < 4.78 is 10.0. The number of carbonyl (C=O) groups excluding carboxylic acids is 1. The molecule has 0 heterocycles. The zero-order valence-corrected chi connectivity index (χ0v) is 13.4. The van der Waals surface area contributed by atoms with Crippen LogP contribution in [0.4, 0.5) is 4.79 Å². The molecule has 5 nitrogen and oxygen atoms in total. The van der Waals surface area contributed by atoms with E-state index in [1.807, 2.05) is 34.6 Å². The summed E-state index contributed by atoms with van der Waals surface area (Å²) in [6.45, 7) is 14.8. The minimum atomic E-state index is -0.657. The van der Waals surface area contributed by atoms with Crippen LogP contribution in [0.3, 0.4) is 0 Å². The molecular formula is C14H28O5. The number of ether oxygens (including phenoxy) is 2. The molecule has 0 bridgehead atoms. The Labute approximate surface area is 116 Å². The third-order valence-electron chi connectivity index (χ3n) is 1.93. The summed E-state index contributed by atoms with van der Waals surface area (Å²) in [6.07, 6.45) is -0.649. The van der Waals surface area contributed by atoms with Crippen molar-refractivity contribution >= 4 is 6.16 Å². The van der Waals surface area contributed by atoms with E-state index in [0.29, 0.717) is 6.42 Å². The lowest BCUT2D eigenvalue weighted by molar-refractivity contribution is -0.399. The van der Waals surface area contributed by atoms with Crippen molar-refractivity contribution in [2.24, 2.45) is 0 Å². The highest BCUT2D eigenvalue weighted by atomic mass is 17.2. The summed E-state index contributed by atoms with van der Waals surface area (Å²) in [5.74, 6) is 0. The zero-order valence-electron chi connectivity index (χ0n) is 13.4. The first-order valence-electron chi connectivity index (χ1n) is 6.65. The van der Waals surface area contributed by atoms with Crippen LogP contribution in [0.15, 0.2) is 0 Å². The standard InChI is InChI=1S/C14H28O5/c1-10(2)16-12(15)17-11(3)9-14(7,8)19-18-13(4,5)6/h10-11H,9H2,1-8H3. The van der Waals surface area contributed by atoms with Crippen molar-refractivity contribution in [3.8, 4) is 0 Å². The maximum atomic E-state index is 11.4. The zero-order chi connectivity index (χ0) is 15.3. The molecule has 0 aromatic rings. The topological polar surface area (TPSA) is 54.0 Å². The van der Waals surface area contributed by atoms with Gasteiger partial charge in [-0.05, 0) is 55.4 Å². The summed E-state index contributed by atoms with van der Waals surface area (Å²) in [7, 11) is 0. The van der Waals surface area contributed by atoms with Crippen molar-refractivity contribution in [3.05, 3.63) is 0 Å². The number of hydrogen-bond acceptors (Lipinski definition) is 5. The molecule has 19 heavy (non-hydrogen) atoms. The fourth-order valence-corrected chi connectivity index (χ4v) is 1.39. The maximum absolute atomic E-state index is 11.4. The van der Waals surface area contributed by atoms with E-state index in [4.69, 9.17) is 19.2 Å². The fourth-order valence-electron chi connectivity index (χ4n) is 1.39. The van der Waals surface area contributed by atoms with Gasteiger partial charge in [0.2, 0.25) is 0 Å². The average Bonchev–Trinajstić information content (AvgIpc) is 2.10. The van der Waals surface area contributed by atoms with Crippen molar-refractivity contribution in [2.75, 3.05) is 0 Å². The lowest BCUT2D eigenvalue weighted by Gasteiger charge is -2.30. The second kappa shape index (κ2) is 7.10. The molecule has 0 aromatic carbocycles. The molecule has 0 N–H and O–H groups in total. The van der Waals surface area contributed by atoms with E-state index >= 15 is 0 Å². The Kier molecular flexibility index (Phi) is 6.80. The Morgan fingerprint density at radius 3 is 1.89 bits per heavy atom. The highest BCUT2D eigenvalue weighted by Crippen LogP contribution is 2.22. The third kappa shape index (κ3) is 10.8. The normalized spacial score (nSPS) is 14.4. The SMILES string of the molecule is CC(C)OC(=O)OC(C)CC(C)(C)OOC(C)(C)C. The molecule has 0 aliphatic rings. The minimum Gasteiger partial charge on any atom is -0.432 e. The molecule has 1 unspecified atom stereocenters. The van der Waals surface area contributed by atoms with Gasteiger partial charge in [-0.1, -0.05) is 0 Å². The molecule has 0 saturated carbocycles. The van der Waals surface area contributed by atoms with Gasteiger partial charge in [-0.2, -0.15) is 0 Å². The first-order valence-corrected chi connectivity index (χ1v) is 6.65. The van der Waals surface area contributed by atoms with Gasteiger partial charge in [-0.25, -0.2) is 14.6 Å². The molecular weight excluding hydrogens is 248 g/mol. The second-order valence-electron chi connectivity index (χ2n) is 6.59. The molecule has 0 fully saturated rings. The van der Waals surface area contributed by atoms with Gasteiger partial charge in [0.05, 0.1) is 11.7 Å². The van der Waals surface area contributed by atoms with E-state index in [2.05, 4.69) is 0 Å². The van der Waals surface area contributed by atoms with Crippen LogP contribution in [0, 0.1) is 0 Å². The highest BCUT2D eigenvalue weighted by Gasteiger charge is 2.28. The summed E-state index contributed by atoms with van der Waals surface area (Å²) >= 11 is 0. The van der Waals surface area contributed by atoms with Gasteiger partial charge in [0.1, 0.15) is 11.7 Å². The Morgan fingerprint density at radius 2 is 1.47 bits per heavy atom. The van der Waals surface area contributed by atoms with Crippen LogP contribution in [-0.2, 0) is 19.2 Å². The molecule has 0 spiro atoms. The lowest BCUT2D eigenvalue weighted by atomic mass is 10.0. The van der Waals surface area contributed by atoms with Gasteiger partial charge in [0, 0.05) is 6.42 Å². The first-order chi connectivity index (χ1) is 8.41. The second-order valence-corrected chi connectivity index (χ2v) is 6.59. The summed E-state index contributed by atoms with van der Waals surface area (Å²) in [6, 6.07) is 0. The Bertz CT molecular complexity index is 278. The van der Waals surface area contributed by atoms with E-state index in [-0.39, 0.29) is 17.8 Å². The van der Waals surface area contributed by atoms with Crippen LogP contribution in [0.5, 0.6) is 0 Å². The molecule has 0 amide bonds. The Morgan fingerprint density at radius 1 is 0.947 bits per heavy atom. The smallest absolute Gasteiger partial charge is 0.432 e. The van der Waals surface area contributed by atoms with Crippen molar-refractivity contribution in [2.45, 2.75) is 85.2 Å². The number of hydrogen-bond donors (Lipinski definition) is 0. The van der Waals surface area contributed by atoms with Gasteiger partial charge in [-0.15, -0.1) is 0 Å². The van der Waals surface area contributed by atoms with Gasteiger partial charge < -0.3 is 9.47 Å². The fraction of sp³-hybridized carbons (Fsp3) is 0.929. The molecule has 114 valence electrons. The van der Waals surface area contributed by atoms with Gasteiger partial charge in [0.15, 0.2) is 0 Å². The van der Waals surface area contributed by atoms with Gasteiger partial charge in [0.25, 0.3) is 0 Å². The van der Waals surface area contributed by atoms with Crippen LogP contribution in [0.2, 0.25) is 0 Å². The molecule has 5 heteroatoms. The quantitative estimate of drug-likeness (QED) is 0.419. The predicted molar refractivity (Wildman–Crippen MR) is 72.8 cm³/mol. The van der Waals surface area contributed by atoms with Crippen LogP contribution < -0.4 is 0 Å². The molecule has 0 rings (SSSR count). The van der Waals surface area contributed by atoms with Crippen LogP contribution in [0.25, 0.3) is 0 Å². The van der Waals surface area contributed by atoms with Crippen LogP contribution in [-0.4, -0.2) is 29.6 Å². The molecule has 0 aliphatic heterocycles. The summed E-state index contributed by atoms with van der Waals surface area (Å²) in [5.41, 5.74) is -0.928. The average molecular weight is 276 g/mol. The molecule has 1 atom stereocenters. The molecule has 0 aromatic heterocycles. The number of carbonyl (C=O) groups is 1. The Balaban J connectivity index is 4.15. The van der Waals surface area contributed by atoms with Gasteiger partial charge >= 0.3 is 6.16 Å². The predicted octanol–water partition coefficient (Wildman–Crippen LogP) is 3.85. The van der Waals surface area contributed by atoms with Crippen molar-refractivity contribution in [1.82, 2.24) is 0 Å². The lowest BCUT2D eigenvalue weighted by Crippen LogP contribution is -2.34. The highest BCUT2D eigenvalue weighted by molar-refractivity contribution is 5.60. The van der Waals surface area contributed by atoms with Crippen molar-refractivity contribution in [1.29, 1.82) is 0 Å². The van der Waals surface area contributed by atoms with E-state index in [9.17, 15) is 4.79 Å². The van der Waals surface area contributed by atoms with E-state index in [0.717, 1.165) is 0 Å². The van der Waals surface area contributed by atoms with E-state index in [1.54, 1.807) is 20.8 Å².